The van der Waals surface area contributed by atoms with Gasteiger partial charge in [-0.05, 0) is 18.1 Å². The average molecular weight is 319 g/mol. The number of anilines is 1. The number of ether oxygens (including phenoxy) is 1. The van der Waals surface area contributed by atoms with Crippen LogP contribution in [0.1, 0.15) is 24.2 Å². The minimum absolute atomic E-state index is 0.119. The summed E-state index contributed by atoms with van der Waals surface area (Å²) >= 11 is 11.7. The van der Waals surface area contributed by atoms with Gasteiger partial charge in [-0.25, -0.2) is 4.79 Å². The third-order valence-electron chi connectivity index (χ3n) is 2.73. The molecular formula is C13H16Cl2N2O3. The van der Waals surface area contributed by atoms with Crippen molar-refractivity contribution in [2.75, 3.05) is 12.8 Å². The summed E-state index contributed by atoms with van der Waals surface area (Å²) < 4.78 is 4.65. The summed E-state index contributed by atoms with van der Waals surface area (Å²) in [6.45, 7) is 3.59. The topological polar surface area (TPSA) is 81.4 Å². The minimum Gasteiger partial charge on any atom is -0.467 e. The predicted molar refractivity (Wildman–Crippen MR) is 79.0 cm³/mol. The Morgan fingerprint density at radius 1 is 1.30 bits per heavy atom. The summed E-state index contributed by atoms with van der Waals surface area (Å²) in [5, 5.41) is 2.95. The van der Waals surface area contributed by atoms with Gasteiger partial charge in [-0.3, -0.25) is 4.79 Å². The number of rotatable bonds is 4. The molecule has 1 amide bonds. The molecule has 0 aromatic heterocycles. The Labute approximate surface area is 127 Å². The van der Waals surface area contributed by atoms with Gasteiger partial charge in [0.05, 0.1) is 22.8 Å². The molecule has 0 heterocycles. The van der Waals surface area contributed by atoms with E-state index in [-0.39, 0.29) is 27.2 Å². The van der Waals surface area contributed by atoms with Gasteiger partial charge < -0.3 is 15.8 Å². The molecule has 7 heteroatoms. The van der Waals surface area contributed by atoms with Crippen LogP contribution in [0.25, 0.3) is 0 Å². The van der Waals surface area contributed by atoms with Crippen molar-refractivity contribution in [2.45, 2.75) is 19.9 Å². The van der Waals surface area contributed by atoms with Crippen LogP contribution >= 0.6 is 23.2 Å². The molecule has 1 atom stereocenters. The lowest BCUT2D eigenvalue weighted by atomic mass is 10.0. The number of nitrogen functional groups attached to an aromatic ring is 1. The lowest BCUT2D eigenvalue weighted by Gasteiger charge is -2.20. The molecule has 0 aliphatic carbocycles. The van der Waals surface area contributed by atoms with Crippen LogP contribution < -0.4 is 11.1 Å². The van der Waals surface area contributed by atoms with Crippen molar-refractivity contribution in [2.24, 2.45) is 5.92 Å². The molecule has 1 aromatic carbocycles. The number of carbonyl (C=O) groups is 2. The van der Waals surface area contributed by atoms with E-state index in [0.717, 1.165) is 0 Å². The average Bonchev–Trinajstić information content (AvgIpc) is 2.39. The Morgan fingerprint density at radius 2 is 1.90 bits per heavy atom. The summed E-state index contributed by atoms with van der Waals surface area (Å²) in [5.74, 6) is -1.10. The van der Waals surface area contributed by atoms with Crippen molar-refractivity contribution in [1.82, 2.24) is 5.32 Å². The Balaban J connectivity index is 2.98. The van der Waals surface area contributed by atoms with E-state index in [9.17, 15) is 9.59 Å². The second-order valence-electron chi connectivity index (χ2n) is 4.58. The minimum atomic E-state index is -0.747. The van der Waals surface area contributed by atoms with Gasteiger partial charge in [-0.15, -0.1) is 0 Å². The quantitative estimate of drug-likeness (QED) is 0.660. The van der Waals surface area contributed by atoms with Crippen LogP contribution in [0.4, 0.5) is 5.69 Å². The maximum absolute atomic E-state index is 12.1. The van der Waals surface area contributed by atoms with E-state index in [1.54, 1.807) is 13.8 Å². The van der Waals surface area contributed by atoms with Gasteiger partial charge in [0.15, 0.2) is 0 Å². The highest BCUT2D eigenvalue weighted by Gasteiger charge is 2.25. The first-order chi connectivity index (χ1) is 9.27. The summed E-state index contributed by atoms with van der Waals surface area (Å²) in [4.78, 5) is 23.7. The van der Waals surface area contributed by atoms with Crippen molar-refractivity contribution in [3.63, 3.8) is 0 Å². The Hall–Kier alpha value is -1.46. The number of esters is 1. The highest BCUT2D eigenvalue weighted by atomic mass is 35.5. The van der Waals surface area contributed by atoms with Crippen LogP contribution in [0, 0.1) is 5.92 Å². The fraction of sp³-hybridized carbons (Fsp3) is 0.385. The van der Waals surface area contributed by atoms with Crippen LogP contribution in [0.2, 0.25) is 10.0 Å². The van der Waals surface area contributed by atoms with Gasteiger partial charge >= 0.3 is 5.97 Å². The largest absolute Gasteiger partial charge is 0.467 e. The first-order valence-electron chi connectivity index (χ1n) is 5.91. The van der Waals surface area contributed by atoms with Crippen molar-refractivity contribution < 1.29 is 14.3 Å². The highest BCUT2D eigenvalue weighted by Crippen LogP contribution is 2.29. The molecule has 20 heavy (non-hydrogen) atoms. The molecule has 1 aromatic rings. The zero-order valence-corrected chi connectivity index (χ0v) is 12.9. The molecule has 0 aliphatic rings. The molecular weight excluding hydrogens is 303 g/mol. The smallest absolute Gasteiger partial charge is 0.328 e. The van der Waals surface area contributed by atoms with E-state index in [4.69, 9.17) is 28.9 Å². The van der Waals surface area contributed by atoms with Gasteiger partial charge in [-0.2, -0.15) is 0 Å². The van der Waals surface area contributed by atoms with Crippen LogP contribution in [0.5, 0.6) is 0 Å². The monoisotopic (exact) mass is 318 g/mol. The Kier molecular flexibility index (Phi) is 5.65. The molecule has 3 N–H and O–H groups in total. The van der Waals surface area contributed by atoms with Crippen LogP contribution in [0.3, 0.4) is 0 Å². The number of amides is 1. The number of nitrogens with one attached hydrogen (secondary N) is 1. The van der Waals surface area contributed by atoms with E-state index in [0.29, 0.717) is 0 Å². The zero-order valence-electron chi connectivity index (χ0n) is 11.4. The summed E-state index contributed by atoms with van der Waals surface area (Å²) in [6.07, 6.45) is 0. The van der Waals surface area contributed by atoms with Crippen LogP contribution in [0.15, 0.2) is 12.1 Å². The van der Waals surface area contributed by atoms with Crippen molar-refractivity contribution in [3.8, 4) is 0 Å². The third-order valence-corrected chi connectivity index (χ3v) is 3.54. The molecule has 0 aliphatic heterocycles. The molecule has 110 valence electrons. The maximum Gasteiger partial charge on any atom is 0.328 e. The summed E-state index contributed by atoms with van der Waals surface area (Å²) in [5.41, 5.74) is 6.07. The van der Waals surface area contributed by atoms with Crippen LogP contribution in [-0.2, 0) is 9.53 Å². The fourth-order valence-electron chi connectivity index (χ4n) is 1.59. The lowest BCUT2D eigenvalue weighted by molar-refractivity contribution is -0.144. The third kappa shape index (κ3) is 3.77. The van der Waals surface area contributed by atoms with Gasteiger partial charge in [-0.1, -0.05) is 37.0 Å². The lowest BCUT2D eigenvalue weighted by Crippen LogP contribution is -2.45. The molecule has 0 radical (unpaired) electrons. The van der Waals surface area contributed by atoms with E-state index in [1.807, 2.05) is 0 Å². The fourth-order valence-corrected chi connectivity index (χ4v) is 1.93. The molecule has 5 nitrogen and oxygen atoms in total. The zero-order chi connectivity index (χ0) is 15.4. The maximum atomic E-state index is 12.1. The molecule has 0 spiro atoms. The molecule has 0 bridgehead atoms. The number of benzene rings is 1. The number of carbonyl (C=O) groups excluding carboxylic acids is 2. The first-order valence-corrected chi connectivity index (χ1v) is 6.66. The molecule has 0 saturated carbocycles. The summed E-state index contributed by atoms with van der Waals surface area (Å²) in [7, 11) is 1.26. The highest BCUT2D eigenvalue weighted by molar-refractivity contribution is 6.43. The Morgan fingerprint density at radius 3 is 2.35 bits per heavy atom. The van der Waals surface area contributed by atoms with Gasteiger partial charge in [0.1, 0.15) is 6.04 Å². The molecule has 1 rings (SSSR count). The number of halogens is 2. The molecule has 0 saturated heterocycles. The van der Waals surface area contributed by atoms with Gasteiger partial charge in [0.2, 0.25) is 0 Å². The van der Waals surface area contributed by atoms with E-state index < -0.39 is 17.9 Å². The number of hydrogen-bond acceptors (Lipinski definition) is 4. The Bertz CT molecular complexity index is 509. The first kappa shape index (κ1) is 16.6. The van der Waals surface area contributed by atoms with E-state index in [2.05, 4.69) is 10.1 Å². The second-order valence-corrected chi connectivity index (χ2v) is 5.36. The van der Waals surface area contributed by atoms with Gasteiger partial charge in [0, 0.05) is 5.56 Å². The number of methoxy groups -OCH3 is 1. The molecule has 1 unspecified atom stereocenters. The number of hydrogen-bond donors (Lipinski definition) is 2. The van der Waals surface area contributed by atoms with E-state index in [1.165, 1.54) is 19.2 Å². The number of nitrogens with two attached hydrogens (primary N) is 1. The second kappa shape index (κ2) is 6.81. The van der Waals surface area contributed by atoms with E-state index >= 15 is 0 Å². The van der Waals surface area contributed by atoms with Crippen molar-refractivity contribution in [3.05, 3.63) is 27.7 Å². The van der Waals surface area contributed by atoms with Gasteiger partial charge in [0.25, 0.3) is 5.91 Å². The SMILES string of the molecule is COC(=O)C(NC(=O)c1cc(N)c(Cl)c(Cl)c1)C(C)C. The normalized spacial score (nSPS) is 12.1. The van der Waals surface area contributed by atoms with Crippen molar-refractivity contribution in [1.29, 1.82) is 0 Å². The molecule has 0 fully saturated rings. The summed E-state index contributed by atoms with van der Waals surface area (Å²) in [6, 6.07) is 2.05. The van der Waals surface area contributed by atoms with Crippen LogP contribution in [-0.4, -0.2) is 25.0 Å². The van der Waals surface area contributed by atoms with Crippen molar-refractivity contribution >= 4 is 40.8 Å². The standard InChI is InChI=1S/C13H16Cl2N2O3/c1-6(2)11(13(19)20-3)17-12(18)7-4-8(14)10(15)9(16)5-7/h4-6,11H,16H2,1-3H3,(H,17,18). The predicted octanol–water partition coefficient (Wildman–Crippen LogP) is 2.50.